The van der Waals surface area contributed by atoms with Gasteiger partial charge in [-0.25, -0.2) is 4.39 Å². The Balaban J connectivity index is 1.94. The number of anilines is 1. The van der Waals surface area contributed by atoms with Crippen molar-refractivity contribution in [3.63, 3.8) is 0 Å². The van der Waals surface area contributed by atoms with E-state index in [-0.39, 0.29) is 17.8 Å². The number of allylic oxidation sites excluding steroid dienone is 1. The molecule has 0 aromatic heterocycles. The molecular weight excluding hydrogens is 331 g/mol. The Hall–Kier alpha value is -1.21. The number of thiocarbonyl (C=S) groups is 1. The quantitative estimate of drug-likeness (QED) is 0.746. The van der Waals surface area contributed by atoms with E-state index in [0.29, 0.717) is 4.32 Å². The molecule has 0 saturated carbocycles. The monoisotopic (exact) mass is 347 g/mol. The molecule has 0 radical (unpaired) electrons. The molecule has 1 aliphatic rings. The average Bonchev–Trinajstić information content (AvgIpc) is 2.73. The maximum absolute atomic E-state index is 12.7. The summed E-state index contributed by atoms with van der Waals surface area (Å²) in [6.07, 6.45) is -1.80. The first-order chi connectivity index (χ1) is 10.3. The molecule has 0 amide bonds. The van der Waals surface area contributed by atoms with Crippen molar-refractivity contribution < 1.29 is 17.9 Å². The zero-order valence-electron chi connectivity index (χ0n) is 12.2. The van der Waals surface area contributed by atoms with E-state index in [4.69, 9.17) is 17.0 Å². The second-order valence-electron chi connectivity index (χ2n) is 5.51. The van der Waals surface area contributed by atoms with Crippen molar-refractivity contribution in [3.05, 3.63) is 35.7 Å². The van der Waals surface area contributed by atoms with Gasteiger partial charge in [-0.05, 0) is 19.9 Å². The molecule has 2 rings (SSSR count). The lowest BCUT2D eigenvalue weighted by atomic mass is 10.0. The van der Waals surface area contributed by atoms with E-state index in [2.05, 4.69) is 5.32 Å². The Labute approximate surface area is 137 Å². The van der Waals surface area contributed by atoms with Gasteiger partial charge in [-0.15, -0.1) is 0 Å². The highest BCUT2D eigenvalue weighted by Gasteiger charge is 2.31. The fourth-order valence-electron chi connectivity index (χ4n) is 2.19. The second-order valence-corrected chi connectivity index (χ2v) is 7.28. The van der Waals surface area contributed by atoms with Gasteiger partial charge in [0.05, 0.1) is 5.69 Å². The number of ether oxygens (including phenoxy) is 1. The second kappa shape index (κ2) is 6.91. The number of hydrogen-bond acceptors (Lipinski definition) is 3. The Morgan fingerprint density at radius 2 is 2.09 bits per heavy atom. The summed E-state index contributed by atoms with van der Waals surface area (Å²) in [7, 11) is 0. The number of thioether (sulfide) groups is 1. The van der Waals surface area contributed by atoms with Crippen LogP contribution < -0.4 is 10.1 Å². The van der Waals surface area contributed by atoms with Crippen LogP contribution in [0.4, 0.5) is 18.9 Å². The van der Waals surface area contributed by atoms with E-state index in [0.717, 1.165) is 35.2 Å². The molecule has 120 valence electrons. The summed E-state index contributed by atoms with van der Waals surface area (Å²) in [5, 5.41) is 3.03. The highest BCUT2D eigenvalue weighted by molar-refractivity contribution is 8.23. The van der Waals surface area contributed by atoms with Crippen molar-refractivity contribution in [1.29, 1.82) is 0 Å². The topological polar surface area (TPSA) is 21.3 Å². The minimum absolute atomic E-state index is 0.149. The minimum Gasteiger partial charge on any atom is -0.485 e. The number of halogens is 3. The van der Waals surface area contributed by atoms with Crippen molar-refractivity contribution in [2.75, 3.05) is 11.1 Å². The first-order valence-electron chi connectivity index (χ1n) is 6.73. The van der Waals surface area contributed by atoms with Crippen molar-refractivity contribution in [3.8, 4) is 5.75 Å². The molecule has 0 aliphatic carbocycles. The predicted molar refractivity (Wildman–Crippen MR) is 88.5 cm³/mol. The number of hydrogen-bond donors (Lipinski definition) is 1. The summed E-state index contributed by atoms with van der Waals surface area (Å²) in [5.41, 5.74) is 1.58. The first kappa shape index (κ1) is 17.1. The van der Waals surface area contributed by atoms with Gasteiger partial charge in [0.1, 0.15) is 15.7 Å². The summed E-state index contributed by atoms with van der Waals surface area (Å²) in [6.45, 7) is 4.01. The van der Waals surface area contributed by atoms with Gasteiger partial charge in [0.25, 0.3) is 0 Å². The van der Waals surface area contributed by atoms with Gasteiger partial charge in [0.15, 0.2) is 5.83 Å². The smallest absolute Gasteiger partial charge is 0.301 e. The number of fused-ring (bicyclic) bond motifs is 1. The molecule has 0 atom stereocenters. The van der Waals surface area contributed by atoms with Crippen LogP contribution in [-0.4, -0.2) is 15.7 Å². The molecule has 0 spiro atoms. The summed E-state index contributed by atoms with van der Waals surface area (Å²) in [4.78, 5) is 0. The van der Waals surface area contributed by atoms with Crippen LogP contribution in [0.5, 0.6) is 5.75 Å². The highest BCUT2D eigenvalue weighted by Crippen LogP contribution is 2.40. The number of para-hydroxylation sites is 1. The molecule has 0 unspecified atom stereocenters. The number of nitrogens with one attached hydrogen (secondary N) is 1. The molecule has 1 heterocycles. The molecule has 0 bridgehead atoms. The fourth-order valence-corrected chi connectivity index (χ4v) is 3.20. The summed E-state index contributed by atoms with van der Waals surface area (Å²) in [5.74, 6) is -0.478. The van der Waals surface area contributed by atoms with Gasteiger partial charge in [-0.1, -0.05) is 36.1 Å². The molecule has 22 heavy (non-hydrogen) atoms. The van der Waals surface area contributed by atoms with E-state index in [1.54, 1.807) is 0 Å². The SMILES string of the molecule is CC1(C)Cc2cccc(NC(=S)SCCC(F)=C(F)F)c2O1. The summed E-state index contributed by atoms with van der Waals surface area (Å²) < 4.78 is 42.9. The molecule has 0 saturated heterocycles. The number of benzene rings is 1. The van der Waals surface area contributed by atoms with E-state index < -0.39 is 11.9 Å². The van der Waals surface area contributed by atoms with Gasteiger partial charge in [-0.2, -0.15) is 8.78 Å². The summed E-state index contributed by atoms with van der Waals surface area (Å²) >= 11 is 6.27. The average molecular weight is 347 g/mol. The van der Waals surface area contributed by atoms with Gasteiger partial charge >= 0.3 is 6.08 Å². The van der Waals surface area contributed by atoms with Gasteiger partial charge in [-0.3, -0.25) is 0 Å². The van der Waals surface area contributed by atoms with Crippen molar-refractivity contribution in [2.45, 2.75) is 32.3 Å². The molecule has 1 aliphatic heterocycles. The van der Waals surface area contributed by atoms with Gasteiger partial charge in [0.2, 0.25) is 0 Å². The number of rotatable bonds is 4. The first-order valence-corrected chi connectivity index (χ1v) is 8.12. The third-order valence-electron chi connectivity index (χ3n) is 3.09. The van der Waals surface area contributed by atoms with E-state index in [9.17, 15) is 13.2 Å². The van der Waals surface area contributed by atoms with Crippen LogP contribution in [-0.2, 0) is 6.42 Å². The van der Waals surface area contributed by atoms with Gasteiger partial charge < -0.3 is 10.1 Å². The lowest BCUT2D eigenvalue weighted by molar-refractivity contribution is 0.139. The van der Waals surface area contributed by atoms with Crippen LogP contribution in [0.1, 0.15) is 25.8 Å². The summed E-state index contributed by atoms with van der Waals surface area (Å²) in [6, 6.07) is 5.74. The van der Waals surface area contributed by atoms with Crippen LogP contribution in [0.25, 0.3) is 0 Å². The third kappa shape index (κ3) is 4.39. The zero-order chi connectivity index (χ0) is 16.3. The molecule has 7 heteroatoms. The maximum atomic E-state index is 12.7. The van der Waals surface area contributed by atoms with E-state index in [1.807, 2.05) is 32.0 Å². The Morgan fingerprint density at radius 1 is 1.36 bits per heavy atom. The molecule has 1 N–H and O–H groups in total. The third-order valence-corrected chi connectivity index (χ3v) is 4.32. The minimum atomic E-state index is -2.27. The Kier molecular flexibility index (Phi) is 5.39. The highest BCUT2D eigenvalue weighted by atomic mass is 32.2. The largest absolute Gasteiger partial charge is 0.485 e. The molecule has 0 fully saturated rings. The van der Waals surface area contributed by atoms with E-state index >= 15 is 0 Å². The van der Waals surface area contributed by atoms with Crippen LogP contribution in [0.15, 0.2) is 30.1 Å². The molecular formula is C15H16F3NOS2. The zero-order valence-corrected chi connectivity index (χ0v) is 13.8. The van der Waals surface area contributed by atoms with Crippen molar-refractivity contribution in [1.82, 2.24) is 0 Å². The molecule has 1 aromatic carbocycles. The van der Waals surface area contributed by atoms with Crippen molar-refractivity contribution in [2.24, 2.45) is 0 Å². The van der Waals surface area contributed by atoms with Crippen LogP contribution in [0.3, 0.4) is 0 Å². The normalized spacial score (nSPS) is 15.0. The standard InChI is InChI=1S/C15H16F3NOS2/c1-15(2)8-9-4-3-5-11(12(9)20-15)19-14(21)22-7-6-10(16)13(17)18/h3-5H,6-8H2,1-2H3,(H,19,21). The Morgan fingerprint density at radius 3 is 2.77 bits per heavy atom. The van der Waals surface area contributed by atoms with E-state index in [1.165, 1.54) is 0 Å². The van der Waals surface area contributed by atoms with Gasteiger partial charge in [0, 0.05) is 24.2 Å². The Bertz CT molecular complexity index is 613. The van der Waals surface area contributed by atoms with Crippen molar-refractivity contribution >= 4 is 34.0 Å². The fraction of sp³-hybridized carbons (Fsp3) is 0.400. The molecule has 1 aromatic rings. The lowest BCUT2D eigenvalue weighted by Crippen LogP contribution is -2.25. The predicted octanol–water partition coefficient (Wildman–Crippen LogP) is 5.30. The maximum Gasteiger partial charge on any atom is 0.301 e. The molecule has 2 nitrogen and oxygen atoms in total. The lowest BCUT2D eigenvalue weighted by Gasteiger charge is -2.18. The van der Waals surface area contributed by atoms with Crippen LogP contribution in [0.2, 0.25) is 0 Å². The van der Waals surface area contributed by atoms with Crippen LogP contribution >= 0.6 is 24.0 Å². The van der Waals surface area contributed by atoms with Crippen LogP contribution in [0, 0.1) is 0 Å².